The average Bonchev–Trinajstić information content (AvgIpc) is 3.25. The van der Waals surface area contributed by atoms with Gasteiger partial charge in [0.1, 0.15) is 30.8 Å². The first-order valence-electron chi connectivity index (χ1n) is 22.6. The first-order chi connectivity index (χ1) is 29.2. The molecule has 1 aliphatic carbocycles. The molecule has 1 aromatic carbocycles. The lowest BCUT2D eigenvalue weighted by molar-refractivity contribution is -0.147. The fourth-order valence-corrected chi connectivity index (χ4v) is 7.81. The number of rotatable bonds is 17. The van der Waals surface area contributed by atoms with Gasteiger partial charge in [0.2, 0.25) is 29.5 Å². The van der Waals surface area contributed by atoms with Crippen LogP contribution in [0.5, 0.6) is 0 Å². The van der Waals surface area contributed by atoms with Crippen molar-refractivity contribution in [2.24, 2.45) is 23.5 Å². The Morgan fingerprint density at radius 3 is 2.25 bits per heavy atom. The second kappa shape index (κ2) is 27.6. The van der Waals surface area contributed by atoms with Crippen LogP contribution in [-0.2, 0) is 44.8 Å². The minimum Gasteiger partial charge on any atom is -0.445 e. The van der Waals surface area contributed by atoms with Gasteiger partial charge in [-0.2, -0.15) is 0 Å². The van der Waals surface area contributed by atoms with E-state index in [1.807, 2.05) is 39.0 Å². The van der Waals surface area contributed by atoms with Crippen LogP contribution in [0.15, 0.2) is 30.3 Å². The highest BCUT2D eigenvalue weighted by atomic mass is 16.5. The number of nitrogens with two attached hydrogens (primary N) is 1. The Kier molecular flexibility index (Phi) is 23.1. The summed E-state index contributed by atoms with van der Waals surface area (Å²) in [6.07, 6.45) is 8.08. The Morgan fingerprint density at radius 1 is 0.885 bits per heavy atom. The number of ether oxygens (including phenoxy) is 3. The number of alkyl carbamates (subject to hydrolysis) is 1. The maximum atomic E-state index is 14.5. The second-order valence-electron chi connectivity index (χ2n) is 17.2. The molecule has 2 aliphatic rings. The van der Waals surface area contributed by atoms with E-state index in [0.717, 1.165) is 50.5 Å². The topological polar surface area (TPSA) is 220 Å². The molecule has 7 atom stereocenters. The lowest BCUT2D eigenvalue weighted by Crippen LogP contribution is -2.62. The first kappa shape index (κ1) is 51.1. The van der Waals surface area contributed by atoms with Crippen LogP contribution >= 0.6 is 0 Å². The van der Waals surface area contributed by atoms with E-state index in [1.165, 1.54) is 4.90 Å². The molecule has 0 bridgehead atoms. The largest absolute Gasteiger partial charge is 0.445 e. The predicted octanol–water partition coefficient (Wildman–Crippen LogP) is 3.70. The van der Waals surface area contributed by atoms with Gasteiger partial charge in [0, 0.05) is 19.7 Å². The van der Waals surface area contributed by atoms with Gasteiger partial charge in [-0.25, -0.2) is 4.79 Å². The molecule has 1 aliphatic heterocycles. The van der Waals surface area contributed by atoms with Crippen molar-refractivity contribution in [2.75, 3.05) is 40.0 Å². The Labute approximate surface area is 363 Å². The van der Waals surface area contributed by atoms with Crippen molar-refractivity contribution in [3.8, 4) is 0 Å². The molecule has 16 heteroatoms. The molecule has 16 nitrogen and oxygen atoms in total. The van der Waals surface area contributed by atoms with Crippen molar-refractivity contribution in [1.82, 2.24) is 31.5 Å². The van der Waals surface area contributed by atoms with E-state index in [0.29, 0.717) is 38.6 Å². The van der Waals surface area contributed by atoms with Gasteiger partial charge in [-0.1, -0.05) is 103 Å². The highest BCUT2D eigenvalue weighted by molar-refractivity contribution is 5.96. The number of nitrogens with one attached hydrogen (secondary N) is 5. The number of amides is 6. The first-order valence-corrected chi connectivity index (χ1v) is 22.6. The molecule has 2 fully saturated rings. The van der Waals surface area contributed by atoms with Crippen molar-refractivity contribution in [3.63, 3.8) is 0 Å². The van der Waals surface area contributed by atoms with E-state index in [4.69, 9.17) is 19.9 Å². The van der Waals surface area contributed by atoms with Crippen LogP contribution in [0.1, 0.15) is 117 Å². The molecule has 0 aromatic heterocycles. The molecule has 0 spiro atoms. The summed E-state index contributed by atoms with van der Waals surface area (Å²) in [7, 11) is 1.62. The summed E-state index contributed by atoms with van der Waals surface area (Å²) in [6, 6.07) is 3.98. The maximum absolute atomic E-state index is 14.5. The van der Waals surface area contributed by atoms with Crippen LogP contribution in [0.3, 0.4) is 0 Å². The summed E-state index contributed by atoms with van der Waals surface area (Å²) < 4.78 is 17.6. The molecule has 0 radical (unpaired) electrons. The summed E-state index contributed by atoms with van der Waals surface area (Å²) >= 11 is 0. The molecule has 61 heavy (non-hydrogen) atoms. The summed E-state index contributed by atoms with van der Waals surface area (Å²) in [5.41, 5.74) is 6.42. The standard InChI is InChI=1S/C45H75N7O9/c1-7-8-9-16-22-38-32(5)44(57)52(6)37(25-30(2)3)42(55)51-39(34-20-14-11-15-21-34)43(56)49-35(26-47-45(58)61-28-33-18-12-10-13-19-33)40(53)50-36(29-59-24-17-23-46)41(54)48-31(4)27-60-38/h10,12-13,18-19,30-32,34-39H,7-9,11,14-17,20-29,46H2,1-6H3,(H,47,58)(H,48,54)(H,49,56)(H,50,53)(H,51,55)/t31-,32-,35+,36+,37+,38-,39+/m1/s1. The number of nitrogens with zero attached hydrogens (tertiary/aromatic N) is 1. The molecule has 1 saturated carbocycles. The minimum atomic E-state index is -1.40. The molecule has 7 N–H and O–H groups in total. The number of benzene rings is 1. The molecule has 344 valence electrons. The Morgan fingerprint density at radius 2 is 1.57 bits per heavy atom. The van der Waals surface area contributed by atoms with Gasteiger partial charge in [-0.05, 0) is 63.0 Å². The van der Waals surface area contributed by atoms with Gasteiger partial charge < -0.3 is 51.4 Å². The fraction of sp³-hybridized carbons (Fsp3) is 0.733. The van der Waals surface area contributed by atoms with Gasteiger partial charge in [-0.15, -0.1) is 0 Å². The molecular formula is C45H75N7O9. The fourth-order valence-electron chi connectivity index (χ4n) is 7.81. The SMILES string of the molecule is CCCCCC[C@H]1OC[C@@H](C)NC(=O)[C@H](COCCCN)NC(=O)[C@H](CNC(=O)OCc2ccccc2)NC(=O)[C@H](C2CCCCC2)NC(=O)[C@H](CC(C)C)N(C)C(=O)[C@@H]1C. The molecule has 1 aromatic rings. The predicted molar refractivity (Wildman–Crippen MR) is 233 cm³/mol. The van der Waals surface area contributed by atoms with Crippen LogP contribution in [0, 0.1) is 17.8 Å². The van der Waals surface area contributed by atoms with Crippen molar-refractivity contribution >= 4 is 35.6 Å². The number of hydrogen-bond acceptors (Lipinski definition) is 10. The van der Waals surface area contributed by atoms with Gasteiger partial charge >= 0.3 is 6.09 Å². The Bertz CT molecular complexity index is 1510. The zero-order valence-corrected chi connectivity index (χ0v) is 37.5. The molecule has 6 amide bonds. The highest BCUT2D eigenvalue weighted by Crippen LogP contribution is 2.28. The van der Waals surface area contributed by atoms with E-state index in [1.54, 1.807) is 26.1 Å². The van der Waals surface area contributed by atoms with Gasteiger partial charge in [0.15, 0.2) is 0 Å². The number of unbranched alkanes of at least 4 members (excludes halogenated alkanes) is 3. The monoisotopic (exact) mass is 858 g/mol. The Balaban J connectivity index is 2.03. The van der Waals surface area contributed by atoms with Crippen LogP contribution in [0.4, 0.5) is 4.79 Å². The number of likely N-dealkylation sites (N-methyl/N-ethyl adjacent to an activating group) is 1. The lowest BCUT2D eigenvalue weighted by Gasteiger charge is -2.36. The zero-order valence-electron chi connectivity index (χ0n) is 37.5. The van der Waals surface area contributed by atoms with Crippen LogP contribution in [-0.4, -0.2) is 117 Å². The average molecular weight is 858 g/mol. The summed E-state index contributed by atoms with van der Waals surface area (Å²) in [5, 5.41) is 14.0. The minimum absolute atomic E-state index is 0.0250. The Hall–Kier alpha value is -4.28. The third-order valence-electron chi connectivity index (χ3n) is 11.5. The van der Waals surface area contributed by atoms with Crippen LogP contribution in [0.2, 0.25) is 0 Å². The third-order valence-corrected chi connectivity index (χ3v) is 11.5. The number of carbonyl (C=O) groups excluding carboxylic acids is 6. The maximum Gasteiger partial charge on any atom is 0.407 e. The van der Waals surface area contributed by atoms with Crippen LogP contribution in [0.25, 0.3) is 0 Å². The molecule has 1 heterocycles. The van der Waals surface area contributed by atoms with Crippen LogP contribution < -0.4 is 32.3 Å². The summed E-state index contributed by atoms with van der Waals surface area (Å²) in [4.78, 5) is 85.8. The van der Waals surface area contributed by atoms with E-state index < -0.39 is 78.5 Å². The zero-order chi connectivity index (χ0) is 44.7. The highest BCUT2D eigenvalue weighted by Gasteiger charge is 2.39. The smallest absolute Gasteiger partial charge is 0.407 e. The van der Waals surface area contributed by atoms with E-state index in [9.17, 15) is 28.8 Å². The summed E-state index contributed by atoms with van der Waals surface area (Å²) in [5.74, 6) is -3.52. The molecule has 1 saturated heterocycles. The lowest BCUT2D eigenvalue weighted by atomic mass is 9.83. The molecule has 0 unspecified atom stereocenters. The quantitative estimate of drug-likeness (QED) is 0.125. The van der Waals surface area contributed by atoms with E-state index in [2.05, 4.69) is 33.5 Å². The van der Waals surface area contributed by atoms with Gasteiger partial charge in [0.05, 0.1) is 31.8 Å². The summed E-state index contributed by atoms with van der Waals surface area (Å²) in [6.45, 7) is 9.72. The molecule has 3 rings (SSSR count). The van der Waals surface area contributed by atoms with Crippen molar-refractivity contribution in [3.05, 3.63) is 35.9 Å². The van der Waals surface area contributed by atoms with Gasteiger partial charge in [0.25, 0.3) is 0 Å². The van der Waals surface area contributed by atoms with Crippen molar-refractivity contribution in [1.29, 1.82) is 0 Å². The van der Waals surface area contributed by atoms with E-state index in [-0.39, 0.29) is 44.2 Å². The van der Waals surface area contributed by atoms with E-state index >= 15 is 0 Å². The van der Waals surface area contributed by atoms with Gasteiger partial charge in [-0.3, -0.25) is 24.0 Å². The van der Waals surface area contributed by atoms with Crippen molar-refractivity contribution in [2.45, 2.75) is 155 Å². The normalized spacial score (nSPS) is 25.7. The van der Waals surface area contributed by atoms with Crippen molar-refractivity contribution < 1.29 is 43.0 Å². The second-order valence-corrected chi connectivity index (χ2v) is 17.2. The number of hydrogen-bond donors (Lipinski definition) is 6. The number of carbonyl (C=O) groups is 6. The molecular weight excluding hydrogens is 783 g/mol. The third kappa shape index (κ3) is 17.9.